The number of likely N-dealkylation sites (N-methyl/N-ethyl adjacent to an activating group) is 2. The van der Waals surface area contributed by atoms with E-state index in [1.165, 1.54) is 34.1 Å². The van der Waals surface area contributed by atoms with Crippen LogP contribution in [0.25, 0.3) is 0 Å². The van der Waals surface area contributed by atoms with Crippen LogP contribution in [0.4, 0.5) is 0 Å². The standard InChI is InChI=1S/C58H80N10O8/c1-35(39-19-11-7-12-20-39)61-55(73)47-31-45(33-67(47)57(75)49(41-23-15-9-16-24-41)65-51(69)37(3)59-5)63-53(71)43-27-29-44(30-28-43)54(72)64-46-32-48(56(74)62-36(2)40-21-13-8-14-22-40)68(34-46)58(76)50(42-25-17-10-18-26-42)66-52(70)38(4)60-6/h7-8,11-14,19-22,27-30,35-38,41-42,45-50,59-60H,9-10,15-18,23-26,31-34H2,1-6H3,(H,61,73)(H,62,74)(H,63,71)(H,64,72)(H,65,69)(H,66,70)/t35-,36-,37+,38+,45+,46+,47+,48?,49+,50+/m1/s1. The van der Waals surface area contributed by atoms with Gasteiger partial charge in [0, 0.05) is 36.3 Å². The molecule has 76 heavy (non-hydrogen) atoms. The van der Waals surface area contributed by atoms with E-state index in [2.05, 4.69) is 42.5 Å². The number of benzene rings is 3. The molecular weight excluding hydrogens is 965 g/mol. The molecule has 3 aromatic carbocycles. The first kappa shape index (κ1) is 57.1. The van der Waals surface area contributed by atoms with E-state index in [0.29, 0.717) is 0 Å². The Balaban J connectivity index is 1.05. The molecule has 3 aromatic rings. The van der Waals surface area contributed by atoms with Crippen molar-refractivity contribution < 1.29 is 38.4 Å². The van der Waals surface area contributed by atoms with E-state index < -0.39 is 60.1 Å². The van der Waals surface area contributed by atoms with Gasteiger partial charge in [0.05, 0.1) is 24.2 Å². The molecule has 0 radical (unpaired) electrons. The molecular formula is C58H80N10O8. The Labute approximate surface area is 447 Å². The minimum absolute atomic E-state index is 0.0392. The summed E-state index contributed by atoms with van der Waals surface area (Å²) in [7, 11) is 3.36. The van der Waals surface area contributed by atoms with E-state index in [4.69, 9.17) is 0 Å². The maximum absolute atomic E-state index is 14.8. The second kappa shape index (κ2) is 26.9. The molecule has 2 heterocycles. The van der Waals surface area contributed by atoms with E-state index >= 15 is 0 Å². The molecule has 0 bridgehead atoms. The van der Waals surface area contributed by atoms with Crippen LogP contribution in [0.1, 0.15) is 149 Å². The number of amides is 8. The Hall–Kier alpha value is -6.66. The zero-order valence-electron chi connectivity index (χ0n) is 45.1. The molecule has 2 saturated carbocycles. The van der Waals surface area contributed by atoms with Gasteiger partial charge in [-0.25, -0.2) is 0 Å². The Morgan fingerprint density at radius 2 is 0.803 bits per heavy atom. The Morgan fingerprint density at radius 1 is 0.461 bits per heavy atom. The molecule has 7 rings (SSSR count). The molecule has 18 heteroatoms. The first-order chi connectivity index (χ1) is 36.6. The lowest BCUT2D eigenvalue weighted by molar-refractivity contribution is -0.143. The molecule has 410 valence electrons. The fourth-order valence-corrected chi connectivity index (χ4v) is 11.3. The fraction of sp³-hybridized carbons (Fsp3) is 0.552. The van der Waals surface area contributed by atoms with Gasteiger partial charge in [-0.1, -0.05) is 99.2 Å². The van der Waals surface area contributed by atoms with Gasteiger partial charge in [-0.05, 0) is 128 Å². The number of carbonyl (C=O) groups is 8. The van der Waals surface area contributed by atoms with E-state index in [-0.39, 0.29) is 96.4 Å². The lowest BCUT2D eigenvalue weighted by Crippen LogP contribution is -2.58. The van der Waals surface area contributed by atoms with Crippen LogP contribution < -0.4 is 42.5 Å². The highest BCUT2D eigenvalue weighted by molar-refractivity contribution is 5.99. The number of likely N-dealkylation sites (tertiary alicyclic amines) is 2. The highest BCUT2D eigenvalue weighted by Gasteiger charge is 2.47. The quantitative estimate of drug-likeness (QED) is 0.0804. The van der Waals surface area contributed by atoms with Gasteiger partial charge in [0.1, 0.15) is 24.2 Å². The number of hydrogen-bond acceptors (Lipinski definition) is 10. The molecule has 2 aliphatic carbocycles. The van der Waals surface area contributed by atoms with Gasteiger partial charge in [0.2, 0.25) is 35.4 Å². The summed E-state index contributed by atoms with van der Waals surface area (Å²) in [6.07, 6.45) is 9.12. The molecule has 2 aliphatic heterocycles. The van der Waals surface area contributed by atoms with Crippen molar-refractivity contribution in [2.75, 3.05) is 27.2 Å². The normalized spacial score (nSPS) is 22.4. The van der Waals surface area contributed by atoms with Gasteiger partial charge < -0.3 is 52.3 Å². The highest BCUT2D eigenvalue weighted by atomic mass is 16.2. The molecule has 4 fully saturated rings. The van der Waals surface area contributed by atoms with Gasteiger partial charge in [0.25, 0.3) is 11.8 Å². The van der Waals surface area contributed by atoms with Crippen molar-refractivity contribution in [1.29, 1.82) is 0 Å². The van der Waals surface area contributed by atoms with E-state index in [1.54, 1.807) is 27.9 Å². The maximum Gasteiger partial charge on any atom is 0.251 e. The second-order valence-corrected chi connectivity index (χ2v) is 21.5. The van der Waals surface area contributed by atoms with E-state index in [9.17, 15) is 38.4 Å². The largest absolute Gasteiger partial charge is 0.348 e. The summed E-state index contributed by atoms with van der Waals surface area (Å²) >= 11 is 0. The minimum Gasteiger partial charge on any atom is -0.348 e. The predicted octanol–water partition coefficient (Wildman–Crippen LogP) is 4.19. The monoisotopic (exact) mass is 1040 g/mol. The van der Waals surface area contributed by atoms with Crippen LogP contribution in [0.3, 0.4) is 0 Å². The molecule has 0 spiro atoms. The molecule has 0 aromatic heterocycles. The Morgan fingerprint density at radius 3 is 1.13 bits per heavy atom. The van der Waals surface area contributed by atoms with Gasteiger partial charge in [-0.3, -0.25) is 38.4 Å². The third-order valence-corrected chi connectivity index (χ3v) is 16.2. The summed E-state index contributed by atoms with van der Waals surface area (Å²) in [5.41, 5.74) is 2.28. The lowest BCUT2D eigenvalue weighted by atomic mass is 9.83. The van der Waals surface area contributed by atoms with Crippen LogP contribution in [0.2, 0.25) is 0 Å². The minimum atomic E-state index is -0.932. The van der Waals surface area contributed by atoms with Crippen molar-refractivity contribution in [1.82, 2.24) is 52.3 Å². The summed E-state index contributed by atoms with van der Waals surface area (Å²) in [5, 5.41) is 24.2. The average Bonchev–Trinajstić information content (AvgIpc) is 4.08. The topological polar surface area (TPSA) is 239 Å². The van der Waals surface area contributed by atoms with E-state index in [1.807, 2.05) is 74.5 Å². The van der Waals surface area contributed by atoms with Gasteiger partial charge in [-0.15, -0.1) is 0 Å². The highest BCUT2D eigenvalue weighted by Crippen LogP contribution is 2.32. The van der Waals surface area contributed by atoms with Crippen molar-refractivity contribution in [3.63, 3.8) is 0 Å². The Kier molecular flexibility index (Phi) is 20.2. The average molecular weight is 1050 g/mol. The van der Waals surface area contributed by atoms with Crippen LogP contribution in [0.15, 0.2) is 84.9 Å². The SMILES string of the molecule is CN[C@@H](C)C(=O)N[C@H](C(=O)N1C[C@@H](NC(=O)c2ccc(C(=O)N[C@H]3C[C@@H](C(=O)N[C@H](C)c4ccccc4)N(C(=O)[C@@H](NC(=O)[C@H](C)NC)C4CCCCC4)C3)cc2)CC1C(=O)N[C@H](C)c1ccccc1)C1CCCCC1. The molecule has 8 N–H and O–H groups in total. The number of rotatable bonds is 20. The second-order valence-electron chi connectivity index (χ2n) is 21.5. The third-order valence-electron chi connectivity index (χ3n) is 16.2. The molecule has 2 saturated heterocycles. The van der Waals surface area contributed by atoms with Gasteiger partial charge >= 0.3 is 0 Å². The van der Waals surface area contributed by atoms with Crippen LogP contribution in [-0.4, -0.2) is 133 Å². The van der Waals surface area contributed by atoms with E-state index in [0.717, 1.165) is 75.3 Å². The van der Waals surface area contributed by atoms with Crippen LogP contribution >= 0.6 is 0 Å². The van der Waals surface area contributed by atoms with Crippen molar-refractivity contribution in [2.24, 2.45) is 11.8 Å². The summed E-state index contributed by atoms with van der Waals surface area (Å²) < 4.78 is 0. The number of carbonyl (C=O) groups excluding carboxylic acids is 8. The van der Waals surface area contributed by atoms with Crippen molar-refractivity contribution in [3.8, 4) is 0 Å². The predicted molar refractivity (Wildman–Crippen MR) is 289 cm³/mol. The van der Waals surface area contributed by atoms with Gasteiger partial charge in [-0.2, -0.15) is 0 Å². The molecule has 1 unspecified atom stereocenters. The lowest BCUT2D eigenvalue weighted by Gasteiger charge is -2.35. The van der Waals surface area contributed by atoms with Crippen LogP contribution in [0.5, 0.6) is 0 Å². The van der Waals surface area contributed by atoms with Crippen LogP contribution in [0, 0.1) is 11.8 Å². The summed E-state index contributed by atoms with van der Waals surface area (Å²) in [5.74, 6) is -3.23. The molecule has 18 nitrogen and oxygen atoms in total. The Bertz CT molecular complexity index is 2310. The number of hydrogen-bond donors (Lipinski definition) is 8. The first-order valence-electron chi connectivity index (χ1n) is 27.5. The molecule has 10 atom stereocenters. The fourth-order valence-electron chi connectivity index (χ4n) is 11.3. The van der Waals surface area contributed by atoms with Crippen LogP contribution in [-0.2, 0) is 28.8 Å². The molecule has 4 aliphatic rings. The van der Waals surface area contributed by atoms with Crippen molar-refractivity contribution in [2.45, 2.75) is 165 Å². The molecule has 8 amide bonds. The van der Waals surface area contributed by atoms with Crippen molar-refractivity contribution in [3.05, 3.63) is 107 Å². The smallest absolute Gasteiger partial charge is 0.251 e. The summed E-state index contributed by atoms with van der Waals surface area (Å²) in [6, 6.07) is 18.5. The zero-order chi connectivity index (χ0) is 54.5. The van der Waals surface area contributed by atoms with Gasteiger partial charge in [0.15, 0.2) is 0 Å². The zero-order valence-corrected chi connectivity index (χ0v) is 45.1. The number of nitrogens with one attached hydrogen (secondary N) is 8. The summed E-state index contributed by atoms with van der Waals surface area (Å²) in [4.78, 5) is 116. The first-order valence-corrected chi connectivity index (χ1v) is 27.5. The summed E-state index contributed by atoms with van der Waals surface area (Å²) in [6.45, 7) is 7.27. The number of nitrogens with zero attached hydrogens (tertiary/aromatic N) is 2. The van der Waals surface area contributed by atoms with Crippen molar-refractivity contribution >= 4 is 47.3 Å². The third kappa shape index (κ3) is 14.4. The maximum atomic E-state index is 14.8.